The van der Waals surface area contributed by atoms with Crippen molar-refractivity contribution in [1.82, 2.24) is 0 Å². The molecule has 0 aromatic heterocycles. The summed E-state index contributed by atoms with van der Waals surface area (Å²) in [5.41, 5.74) is 2.40. The first-order chi connectivity index (χ1) is 16.8. The van der Waals surface area contributed by atoms with Gasteiger partial charge >= 0.3 is 5.97 Å². The quantitative estimate of drug-likeness (QED) is 0.0915. The molecule has 0 aromatic rings. The molecule has 0 aromatic carbocycles. The van der Waals surface area contributed by atoms with Crippen molar-refractivity contribution in [3.63, 3.8) is 0 Å². The Kier molecular flexibility index (Phi) is 11.7. The second-order valence-corrected chi connectivity index (χ2v) is 29.6. The summed E-state index contributed by atoms with van der Waals surface area (Å²) in [5.74, 6) is -0.118. The predicted molar refractivity (Wildman–Crippen MR) is 169 cm³/mol. The van der Waals surface area contributed by atoms with Gasteiger partial charge in [0.1, 0.15) is 0 Å². The zero-order chi connectivity index (χ0) is 30.0. The van der Waals surface area contributed by atoms with E-state index in [1.165, 1.54) is 12.7 Å². The Bertz CT molecular complexity index is 826. The molecule has 0 unspecified atom stereocenters. The summed E-state index contributed by atoms with van der Waals surface area (Å²) >= 11 is 0. The molecule has 1 saturated carbocycles. The van der Waals surface area contributed by atoms with Crippen molar-refractivity contribution < 1.29 is 23.2 Å². The normalized spacial score (nSPS) is 22.7. The Hall–Kier alpha value is -0.519. The van der Waals surface area contributed by atoms with E-state index >= 15 is 0 Å². The Balaban J connectivity index is 3.50. The van der Waals surface area contributed by atoms with E-state index in [1.807, 2.05) is 13.1 Å². The number of rotatable bonds is 10. The summed E-state index contributed by atoms with van der Waals surface area (Å²) < 4.78 is 18.6. The molecule has 0 bridgehead atoms. The van der Waals surface area contributed by atoms with Gasteiger partial charge in [0.25, 0.3) is 0 Å². The van der Waals surface area contributed by atoms with Gasteiger partial charge in [-0.25, -0.2) is 4.79 Å². The van der Waals surface area contributed by atoms with Crippen molar-refractivity contribution in [2.24, 2.45) is 5.92 Å². The molecular weight excluding hydrogens is 525 g/mol. The van der Waals surface area contributed by atoms with Gasteiger partial charge in [0.15, 0.2) is 25.0 Å². The number of hydrogen-bond donors (Lipinski definition) is 1. The number of carbonyl (C=O) groups is 1. The zero-order valence-corrected chi connectivity index (χ0v) is 30.4. The Labute approximate surface area is 238 Å². The minimum Gasteiger partial charge on any atom is -0.466 e. The fourth-order valence-electron chi connectivity index (χ4n) is 4.23. The van der Waals surface area contributed by atoms with Crippen LogP contribution in [0.15, 0.2) is 23.3 Å². The Morgan fingerprint density at radius 1 is 0.921 bits per heavy atom. The molecular formula is C30H60O5Si3. The highest BCUT2D eigenvalue weighted by atomic mass is 28.4. The molecule has 0 aliphatic heterocycles. The van der Waals surface area contributed by atoms with Crippen LogP contribution in [0.2, 0.25) is 54.4 Å². The topological polar surface area (TPSA) is 65.0 Å². The summed E-state index contributed by atoms with van der Waals surface area (Å²) in [6, 6.07) is 0. The molecule has 0 heterocycles. The summed E-state index contributed by atoms with van der Waals surface area (Å²) in [5, 5.41) is 0.0576. The summed E-state index contributed by atoms with van der Waals surface area (Å²) in [4.78, 5) is 23.4. The van der Waals surface area contributed by atoms with Crippen LogP contribution < -0.4 is 0 Å². The monoisotopic (exact) mass is 584 g/mol. The minimum absolute atomic E-state index is 0.0714. The van der Waals surface area contributed by atoms with Gasteiger partial charge in [-0.1, -0.05) is 67.0 Å². The van der Waals surface area contributed by atoms with Crippen LogP contribution in [0.1, 0.15) is 81.1 Å². The van der Waals surface area contributed by atoms with Crippen LogP contribution >= 0.6 is 0 Å². The largest absolute Gasteiger partial charge is 0.466 e. The van der Waals surface area contributed by atoms with Crippen molar-refractivity contribution >= 4 is 30.9 Å². The fourth-order valence-corrected chi connectivity index (χ4v) is 7.32. The van der Waals surface area contributed by atoms with Crippen molar-refractivity contribution in [2.75, 3.05) is 13.7 Å². The summed E-state index contributed by atoms with van der Waals surface area (Å²) in [6.45, 7) is 32.0. The molecule has 2 atom stereocenters. The van der Waals surface area contributed by atoms with Gasteiger partial charge in [-0.15, -0.1) is 0 Å². The third-order valence-electron chi connectivity index (χ3n) is 9.75. The second kappa shape index (κ2) is 12.6. The smallest absolute Gasteiger partial charge is 0.330 e. The van der Waals surface area contributed by atoms with Crippen LogP contribution in [0.25, 0.3) is 0 Å². The number of esters is 1. The molecule has 1 fully saturated rings. The molecule has 0 radical (unpaired) electrons. The second-order valence-electron chi connectivity index (χ2n) is 15.5. The van der Waals surface area contributed by atoms with Crippen molar-refractivity contribution in [2.45, 2.75) is 142 Å². The molecule has 38 heavy (non-hydrogen) atoms. The average molecular weight is 585 g/mol. The lowest BCUT2D eigenvalue weighted by Gasteiger charge is -2.46. The molecule has 0 saturated heterocycles. The molecule has 5 nitrogen and oxygen atoms in total. The SMILES string of the molecule is COC(=O)/C=C1\C[C@@H](CC(C)(C)[Si](C)(C)O)/C(=C\CCO[Si](C)(C)C(C)(C)C)[C@H](O[Si](C)(C)C(C)(C)C)C1. The third-order valence-corrected chi connectivity index (χ3v) is 22.3. The van der Waals surface area contributed by atoms with Gasteiger partial charge in [0, 0.05) is 12.7 Å². The maximum atomic E-state index is 12.3. The van der Waals surface area contributed by atoms with Gasteiger partial charge in [0.2, 0.25) is 0 Å². The van der Waals surface area contributed by atoms with E-state index in [0.29, 0.717) is 13.0 Å². The van der Waals surface area contributed by atoms with Crippen molar-refractivity contribution in [3.05, 3.63) is 23.3 Å². The zero-order valence-electron chi connectivity index (χ0n) is 27.4. The number of ether oxygens (including phenoxy) is 1. The fraction of sp³-hybridized carbons (Fsp3) is 0.833. The summed E-state index contributed by atoms with van der Waals surface area (Å²) in [6.07, 6.45) is 7.13. The van der Waals surface area contributed by atoms with E-state index in [0.717, 1.165) is 24.8 Å². The van der Waals surface area contributed by atoms with Crippen LogP contribution in [0.3, 0.4) is 0 Å². The van der Waals surface area contributed by atoms with Crippen LogP contribution in [0.5, 0.6) is 0 Å². The lowest BCUT2D eigenvalue weighted by atomic mass is 9.75. The van der Waals surface area contributed by atoms with Gasteiger partial charge in [-0.2, -0.15) is 0 Å². The molecule has 1 aliphatic rings. The van der Waals surface area contributed by atoms with Crippen LogP contribution in [0, 0.1) is 5.92 Å². The Morgan fingerprint density at radius 3 is 1.89 bits per heavy atom. The highest BCUT2D eigenvalue weighted by molar-refractivity contribution is 6.74. The van der Waals surface area contributed by atoms with Gasteiger partial charge in [0.05, 0.1) is 13.2 Å². The Morgan fingerprint density at radius 2 is 1.45 bits per heavy atom. The van der Waals surface area contributed by atoms with E-state index < -0.39 is 25.0 Å². The van der Waals surface area contributed by atoms with Crippen molar-refractivity contribution in [1.29, 1.82) is 0 Å². The molecule has 0 spiro atoms. The predicted octanol–water partition coefficient (Wildman–Crippen LogP) is 8.59. The van der Waals surface area contributed by atoms with Crippen molar-refractivity contribution in [3.8, 4) is 0 Å². The van der Waals surface area contributed by atoms with Gasteiger partial charge in [-0.05, 0) is 91.6 Å². The van der Waals surface area contributed by atoms with E-state index in [9.17, 15) is 9.59 Å². The average Bonchev–Trinajstić information content (AvgIpc) is 2.69. The first-order valence-electron chi connectivity index (χ1n) is 14.4. The first-order valence-corrected chi connectivity index (χ1v) is 23.1. The van der Waals surface area contributed by atoms with E-state index in [2.05, 4.69) is 87.7 Å². The molecule has 8 heteroatoms. The summed E-state index contributed by atoms with van der Waals surface area (Å²) in [7, 11) is -4.92. The molecule has 1 aliphatic carbocycles. The minimum atomic E-state index is -2.43. The van der Waals surface area contributed by atoms with Crippen LogP contribution in [0.4, 0.5) is 0 Å². The highest BCUT2D eigenvalue weighted by Crippen LogP contribution is 2.49. The van der Waals surface area contributed by atoms with Crippen LogP contribution in [-0.4, -0.2) is 55.5 Å². The first kappa shape index (κ1) is 35.5. The molecule has 1 N–H and O–H groups in total. The van der Waals surface area contributed by atoms with Gasteiger partial charge in [-0.3, -0.25) is 0 Å². The maximum Gasteiger partial charge on any atom is 0.330 e. The van der Waals surface area contributed by atoms with E-state index in [1.54, 1.807) is 6.08 Å². The molecule has 222 valence electrons. The number of methoxy groups -OCH3 is 1. The van der Waals surface area contributed by atoms with Crippen LogP contribution in [-0.2, 0) is 18.4 Å². The number of hydrogen-bond acceptors (Lipinski definition) is 5. The molecule has 0 amide bonds. The lowest BCUT2D eigenvalue weighted by Crippen LogP contribution is -2.47. The number of carbonyl (C=O) groups excluding carboxylic acids is 1. The van der Waals surface area contributed by atoms with E-state index in [-0.39, 0.29) is 33.1 Å². The van der Waals surface area contributed by atoms with E-state index in [4.69, 9.17) is 13.6 Å². The van der Waals surface area contributed by atoms with Gasteiger partial charge < -0.3 is 18.4 Å². The third kappa shape index (κ3) is 9.54. The standard InChI is InChI=1S/C30H60O5Si3/c1-28(2,3)37(12,13)34-18-16-17-25-24(22-30(7,8)36(10,11)32)19-23(21-27(31)33-9)20-26(25)35-38(14,15)29(4,5)6/h17,21,24,26,32H,16,18-20,22H2,1-15H3/b23-21+,25-17+/t24-,26+/m0/s1. The lowest BCUT2D eigenvalue weighted by molar-refractivity contribution is -0.134. The maximum absolute atomic E-state index is 12.3. The highest BCUT2D eigenvalue weighted by Gasteiger charge is 2.45. The molecule has 1 rings (SSSR count).